The van der Waals surface area contributed by atoms with Crippen molar-refractivity contribution >= 4 is 21.8 Å². The molecule has 0 amide bonds. The lowest BCUT2D eigenvalue weighted by Gasteiger charge is -2.22. The van der Waals surface area contributed by atoms with Crippen LogP contribution < -0.4 is 4.74 Å². The third-order valence-electron chi connectivity index (χ3n) is 8.49. The average molecular weight is 576 g/mol. The number of hydrogen-bond donors (Lipinski definition) is 0. The zero-order chi connectivity index (χ0) is 29.7. The molecule has 210 valence electrons. The van der Waals surface area contributed by atoms with Gasteiger partial charge in [-0.05, 0) is 65.5 Å². The van der Waals surface area contributed by atoms with Gasteiger partial charge in [0.1, 0.15) is 11.5 Å². The molecule has 0 spiro atoms. The van der Waals surface area contributed by atoms with Gasteiger partial charge in [-0.1, -0.05) is 97.1 Å². The second kappa shape index (κ2) is 10.2. The van der Waals surface area contributed by atoms with Crippen molar-refractivity contribution in [2.24, 2.45) is 0 Å². The van der Waals surface area contributed by atoms with Crippen LogP contribution in [-0.2, 0) is 0 Å². The molecule has 0 unspecified atom stereocenters. The Labute approximate surface area is 260 Å². The summed E-state index contributed by atoms with van der Waals surface area (Å²) in [5, 5.41) is 3.20. The number of fused-ring (bicyclic) bond motifs is 3. The van der Waals surface area contributed by atoms with E-state index in [1.54, 1.807) is 0 Å². The molecule has 45 heavy (non-hydrogen) atoms. The van der Waals surface area contributed by atoms with E-state index in [0.29, 0.717) is 5.65 Å². The molecule has 4 heterocycles. The Morgan fingerprint density at radius 2 is 1.02 bits per heavy atom. The Morgan fingerprint density at radius 3 is 1.78 bits per heavy atom. The van der Waals surface area contributed by atoms with E-state index in [1.165, 1.54) is 5.56 Å². The highest BCUT2D eigenvalue weighted by molar-refractivity contribution is 6.09. The Kier molecular flexibility index (Phi) is 5.78. The molecule has 9 rings (SSSR count). The van der Waals surface area contributed by atoms with E-state index in [1.807, 2.05) is 48.5 Å². The zero-order valence-corrected chi connectivity index (χ0v) is 24.2. The van der Waals surface area contributed by atoms with Gasteiger partial charge < -0.3 is 4.74 Å². The maximum Gasteiger partial charge on any atom is 0.160 e. The molecule has 1 aliphatic heterocycles. The van der Waals surface area contributed by atoms with Gasteiger partial charge in [0.2, 0.25) is 0 Å². The first-order valence-electron chi connectivity index (χ1n) is 15.0. The van der Waals surface area contributed by atoms with Crippen LogP contribution in [-0.4, -0.2) is 15.0 Å². The molecule has 4 heteroatoms. The summed E-state index contributed by atoms with van der Waals surface area (Å²) in [6.07, 6.45) is 0. The summed E-state index contributed by atoms with van der Waals surface area (Å²) in [6, 6.07) is 51.9. The minimum absolute atomic E-state index is 0.700. The fourth-order valence-corrected chi connectivity index (χ4v) is 6.31. The predicted molar refractivity (Wildman–Crippen MR) is 182 cm³/mol. The summed E-state index contributed by atoms with van der Waals surface area (Å²) in [4.78, 5) is 15.3. The Bertz CT molecular complexity index is 2340. The second-order valence-corrected chi connectivity index (χ2v) is 11.2. The van der Waals surface area contributed by atoms with Crippen molar-refractivity contribution in [2.75, 3.05) is 0 Å². The van der Waals surface area contributed by atoms with Crippen LogP contribution in [0.2, 0.25) is 0 Å². The van der Waals surface area contributed by atoms with Crippen molar-refractivity contribution in [1.82, 2.24) is 15.0 Å². The highest BCUT2D eigenvalue weighted by atomic mass is 16.5. The summed E-state index contributed by atoms with van der Waals surface area (Å²) >= 11 is 0. The monoisotopic (exact) mass is 575 g/mol. The summed E-state index contributed by atoms with van der Waals surface area (Å²) in [6.45, 7) is 0. The van der Waals surface area contributed by atoms with E-state index < -0.39 is 0 Å². The van der Waals surface area contributed by atoms with Crippen LogP contribution in [0.3, 0.4) is 0 Å². The van der Waals surface area contributed by atoms with Gasteiger partial charge in [0.05, 0.1) is 22.8 Å². The third kappa shape index (κ3) is 4.35. The molecule has 0 atom stereocenters. The highest BCUT2D eigenvalue weighted by Gasteiger charge is 2.21. The van der Waals surface area contributed by atoms with Crippen molar-refractivity contribution in [1.29, 1.82) is 0 Å². The molecular formula is C41H25N3O. The molecule has 4 nitrogen and oxygen atoms in total. The number of rotatable bonds is 4. The van der Waals surface area contributed by atoms with Gasteiger partial charge in [0.15, 0.2) is 5.65 Å². The smallest absolute Gasteiger partial charge is 0.160 e. The Morgan fingerprint density at radius 1 is 0.378 bits per heavy atom. The van der Waals surface area contributed by atoms with E-state index in [4.69, 9.17) is 19.7 Å². The SMILES string of the molecule is c1ccc(-c2cc(-c3ccc4ccc(-c5ccc6c7c(cccc57)-c5ccccc5O6)nc4n3)cc(-c3ccccc3)n2)cc1. The van der Waals surface area contributed by atoms with Crippen molar-refractivity contribution < 1.29 is 4.74 Å². The summed E-state index contributed by atoms with van der Waals surface area (Å²) in [5.74, 6) is 1.75. The first kappa shape index (κ1) is 25.4. The Balaban J connectivity index is 1.18. The number of ether oxygens (including phenoxy) is 1. The lowest BCUT2D eigenvalue weighted by atomic mass is 9.91. The predicted octanol–water partition coefficient (Wildman–Crippen LogP) is 10.6. The number of pyridine rings is 3. The molecule has 0 fully saturated rings. The minimum atomic E-state index is 0.700. The fraction of sp³-hybridized carbons (Fsp3) is 0. The van der Waals surface area contributed by atoms with Crippen LogP contribution in [0.15, 0.2) is 152 Å². The molecule has 0 N–H and O–H groups in total. The molecule has 3 aromatic heterocycles. The van der Waals surface area contributed by atoms with Crippen LogP contribution in [0.4, 0.5) is 0 Å². The standard InChI is InChI=1S/C41H25N3O/c1-3-10-26(11-4-1)36-24-29(25-37(42-36)27-12-5-2-6-13-27)34-21-18-28-19-22-35(44-41(28)43-34)30-20-23-39-40-32(30)15-9-16-33(40)31-14-7-8-17-38(31)45-39/h1-25H. The van der Waals surface area contributed by atoms with Crippen molar-refractivity contribution in [3.8, 4) is 67.7 Å². The van der Waals surface area contributed by atoms with E-state index in [0.717, 1.165) is 78.3 Å². The second-order valence-electron chi connectivity index (χ2n) is 11.2. The first-order valence-corrected chi connectivity index (χ1v) is 15.0. The maximum atomic E-state index is 6.32. The molecule has 8 aromatic rings. The normalized spacial score (nSPS) is 11.7. The maximum absolute atomic E-state index is 6.32. The fourth-order valence-electron chi connectivity index (χ4n) is 6.31. The number of aromatic nitrogens is 3. The lowest BCUT2D eigenvalue weighted by molar-refractivity contribution is 0.487. The first-order chi connectivity index (χ1) is 22.3. The minimum Gasteiger partial charge on any atom is -0.456 e. The summed E-state index contributed by atoms with van der Waals surface area (Å²) in [7, 11) is 0. The molecule has 1 aliphatic rings. The summed E-state index contributed by atoms with van der Waals surface area (Å²) in [5.41, 5.74) is 10.7. The van der Waals surface area contributed by atoms with Gasteiger partial charge in [-0.15, -0.1) is 0 Å². The van der Waals surface area contributed by atoms with Gasteiger partial charge >= 0.3 is 0 Å². The largest absolute Gasteiger partial charge is 0.456 e. The topological polar surface area (TPSA) is 47.9 Å². The molecule has 5 aromatic carbocycles. The highest BCUT2D eigenvalue weighted by Crippen LogP contribution is 2.48. The van der Waals surface area contributed by atoms with Crippen LogP contribution in [0.25, 0.3) is 78.0 Å². The van der Waals surface area contributed by atoms with Crippen LogP contribution >= 0.6 is 0 Å². The van der Waals surface area contributed by atoms with E-state index in [9.17, 15) is 0 Å². The van der Waals surface area contributed by atoms with Gasteiger partial charge in [0.25, 0.3) is 0 Å². The van der Waals surface area contributed by atoms with Crippen molar-refractivity contribution in [2.45, 2.75) is 0 Å². The van der Waals surface area contributed by atoms with Crippen molar-refractivity contribution in [3.63, 3.8) is 0 Å². The molecular weight excluding hydrogens is 550 g/mol. The van der Waals surface area contributed by atoms with Gasteiger partial charge in [0, 0.05) is 38.6 Å². The number of hydrogen-bond acceptors (Lipinski definition) is 4. The Hall–Kier alpha value is -6.13. The van der Waals surface area contributed by atoms with Crippen LogP contribution in [0, 0.1) is 0 Å². The van der Waals surface area contributed by atoms with Gasteiger partial charge in [-0.3, -0.25) is 0 Å². The molecule has 0 saturated carbocycles. The van der Waals surface area contributed by atoms with E-state index in [-0.39, 0.29) is 0 Å². The molecule has 0 radical (unpaired) electrons. The number of nitrogens with zero attached hydrogens (tertiary/aromatic N) is 3. The average Bonchev–Trinajstić information content (AvgIpc) is 3.12. The van der Waals surface area contributed by atoms with Gasteiger partial charge in [-0.25, -0.2) is 15.0 Å². The van der Waals surface area contributed by atoms with E-state index in [2.05, 4.69) is 103 Å². The number of para-hydroxylation sites is 1. The molecule has 0 saturated heterocycles. The number of benzene rings is 5. The van der Waals surface area contributed by atoms with Crippen LogP contribution in [0.1, 0.15) is 0 Å². The third-order valence-corrected chi connectivity index (χ3v) is 8.49. The van der Waals surface area contributed by atoms with E-state index >= 15 is 0 Å². The molecule has 0 bridgehead atoms. The molecule has 0 aliphatic carbocycles. The van der Waals surface area contributed by atoms with Gasteiger partial charge in [-0.2, -0.15) is 0 Å². The zero-order valence-electron chi connectivity index (χ0n) is 24.2. The quantitative estimate of drug-likeness (QED) is 0.209. The summed E-state index contributed by atoms with van der Waals surface area (Å²) < 4.78 is 6.32. The lowest BCUT2D eigenvalue weighted by Crippen LogP contribution is -1.98. The van der Waals surface area contributed by atoms with Crippen LogP contribution in [0.5, 0.6) is 11.5 Å². The van der Waals surface area contributed by atoms with Crippen molar-refractivity contribution in [3.05, 3.63) is 152 Å².